The lowest BCUT2D eigenvalue weighted by Crippen LogP contribution is -1.36. The number of hydrogen-bond donors (Lipinski definition) is 0. The fraction of sp³-hybridized carbons (Fsp3) is 0.375. The van der Waals surface area contributed by atoms with Crippen LogP contribution in [0.5, 0.6) is 0 Å². The lowest BCUT2D eigenvalue weighted by atomic mass is 10.5. The number of hydrogen-bond acceptors (Lipinski definition) is 0. The second kappa shape index (κ2) is 16.3. The monoisotopic (exact) mass is 110 g/mol. The lowest BCUT2D eigenvalue weighted by Gasteiger charge is -1.57. The Morgan fingerprint density at radius 3 is 2.00 bits per heavy atom. The van der Waals surface area contributed by atoms with Gasteiger partial charge in [-0.25, -0.2) is 0 Å². The Morgan fingerprint density at radius 1 is 1.38 bits per heavy atom. The molecular weight excluding hydrogens is 96.1 g/mol. The Morgan fingerprint density at radius 2 is 1.88 bits per heavy atom. The molecule has 0 aromatic carbocycles. The molecule has 0 saturated heterocycles. The molecule has 0 fully saturated rings. The molecule has 0 atom stereocenters. The van der Waals surface area contributed by atoms with E-state index >= 15 is 0 Å². The molecule has 0 aromatic heterocycles. The van der Waals surface area contributed by atoms with E-state index in [0.29, 0.717) is 0 Å². The fourth-order valence-electron chi connectivity index (χ4n) is 0.164. The highest BCUT2D eigenvalue weighted by atomic mass is 13.5. The Labute approximate surface area is 52.2 Å². The highest BCUT2D eigenvalue weighted by molar-refractivity contribution is 4.98. The van der Waals surface area contributed by atoms with E-state index in [-0.39, 0.29) is 0 Å². The zero-order chi connectivity index (χ0) is 6.83. The van der Waals surface area contributed by atoms with Crippen molar-refractivity contribution in [3.8, 4) is 0 Å². The summed E-state index contributed by atoms with van der Waals surface area (Å²) < 4.78 is 0. The summed E-state index contributed by atoms with van der Waals surface area (Å²) in [5.74, 6) is 0. The molecule has 0 rings (SSSR count). The van der Waals surface area contributed by atoms with Crippen molar-refractivity contribution in [1.82, 2.24) is 0 Å². The summed E-state index contributed by atoms with van der Waals surface area (Å²) >= 11 is 0. The van der Waals surface area contributed by atoms with Crippen molar-refractivity contribution in [2.24, 2.45) is 0 Å². The highest BCUT2D eigenvalue weighted by Crippen LogP contribution is 1.67. The molecule has 0 radical (unpaired) electrons. The van der Waals surface area contributed by atoms with Crippen LogP contribution < -0.4 is 0 Å². The van der Waals surface area contributed by atoms with Crippen LogP contribution in [-0.2, 0) is 0 Å². The molecule has 0 aliphatic heterocycles. The van der Waals surface area contributed by atoms with Gasteiger partial charge in [0.05, 0.1) is 0 Å². The standard InChI is InChI=1S/C6H8.C2H6/c1-3-5-6-4-2;1-2/h4-6H,1H2,2H3;1-2H3/b6-4-;. The van der Waals surface area contributed by atoms with Gasteiger partial charge in [-0.2, -0.15) is 0 Å². The molecule has 0 heterocycles. The zero-order valence-electron chi connectivity index (χ0n) is 5.94. The van der Waals surface area contributed by atoms with Crippen molar-refractivity contribution in [3.05, 3.63) is 30.5 Å². The molecular formula is C8H14. The first-order valence-electron chi connectivity index (χ1n) is 2.89. The average molecular weight is 110 g/mol. The topological polar surface area (TPSA) is 0 Å². The summed E-state index contributed by atoms with van der Waals surface area (Å²) in [7, 11) is 0. The third kappa shape index (κ3) is 18.7. The van der Waals surface area contributed by atoms with Gasteiger partial charge in [0.1, 0.15) is 0 Å². The minimum Gasteiger partial charge on any atom is -0.129 e. The van der Waals surface area contributed by atoms with Crippen LogP contribution in [0.25, 0.3) is 0 Å². The third-order valence-electron chi connectivity index (χ3n) is 0.407. The van der Waals surface area contributed by atoms with Crippen LogP contribution in [0.15, 0.2) is 30.5 Å². The van der Waals surface area contributed by atoms with E-state index in [9.17, 15) is 0 Å². The summed E-state index contributed by atoms with van der Waals surface area (Å²) in [4.78, 5) is 0. The van der Waals surface area contributed by atoms with Crippen LogP contribution in [0.2, 0.25) is 0 Å². The largest absolute Gasteiger partial charge is 0.129 e. The first-order valence-corrected chi connectivity index (χ1v) is 2.89. The van der Waals surface area contributed by atoms with E-state index < -0.39 is 0 Å². The SMILES string of the molecule is C=C=C/C=C\C.CC. The Bertz CT molecular complexity index is 82.2. The molecule has 0 bridgehead atoms. The van der Waals surface area contributed by atoms with Gasteiger partial charge >= 0.3 is 0 Å². The highest BCUT2D eigenvalue weighted by Gasteiger charge is 1.45. The lowest BCUT2D eigenvalue weighted by molar-refractivity contribution is 1.50. The van der Waals surface area contributed by atoms with Crippen LogP contribution >= 0.6 is 0 Å². The maximum absolute atomic E-state index is 3.37. The molecule has 0 saturated carbocycles. The Kier molecular flexibility index (Phi) is 20.9. The number of allylic oxidation sites excluding steroid dienone is 3. The van der Waals surface area contributed by atoms with Crippen molar-refractivity contribution in [1.29, 1.82) is 0 Å². The van der Waals surface area contributed by atoms with Crippen molar-refractivity contribution in [3.63, 3.8) is 0 Å². The smallest absolute Gasteiger partial charge is 0.0209 e. The quantitative estimate of drug-likeness (QED) is 0.359. The van der Waals surface area contributed by atoms with Gasteiger partial charge in [-0.1, -0.05) is 32.6 Å². The van der Waals surface area contributed by atoms with Gasteiger partial charge in [-0.15, -0.1) is 5.73 Å². The summed E-state index contributed by atoms with van der Waals surface area (Å²) in [5, 5.41) is 0. The molecule has 8 heavy (non-hydrogen) atoms. The van der Waals surface area contributed by atoms with Crippen molar-refractivity contribution < 1.29 is 0 Å². The predicted molar refractivity (Wildman–Crippen MR) is 39.9 cm³/mol. The fourth-order valence-corrected chi connectivity index (χ4v) is 0.164. The molecule has 0 aromatic rings. The molecule has 0 aliphatic carbocycles. The van der Waals surface area contributed by atoms with Gasteiger partial charge in [-0.05, 0) is 13.0 Å². The van der Waals surface area contributed by atoms with Crippen molar-refractivity contribution in [2.45, 2.75) is 20.8 Å². The average Bonchev–Trinajstić information content (AvgIpc) is 1.88. The van der Waals surface area contributed by atoms with Gasteiger partial charge in [0, 0.05) is 0 Å². The molecule has 0 N–H and O–H groups in total. The summed E-state index contributed by atoms with van der Waals surface area (Å²) in [6.45, 7) is 9.32. The van der Waals surface area contributed by atoms with E-state index in [4.69, 9.17) is 0 Å². The minimum atomic E-state index is 1.76. The second-order valence-corrected chi connectivity index (χ2v) is 0.897. The second-order valence-electron chi connectivity index (χ2n) is 0.897. The third-order valence-corrected chi connectivity index (χ3v) is 0.407. The molecule has 46 valence electrons. The van der Waals surface area contributed by atoms with Gasteiger partial charge < -0.3 is 0 Å². The maximum Gasteiger partial charge on any atom is -0.0209 e. The first-order chi connectivity index (χ1) is 3.91. The molecule has 0 amide bonds. The van der Waals surface area contributed by atoms with Gasteiger partial charge in [0.15, 0.2) is 0 Å². The molecule has 0 spiro atoms. The predicted octanol–water partition coefficient (Wildman–Crippen LogP) is 2.93. The van der Waals surface area contributed by atoms with E-state index in [1.807, 2.05) is 32.9 Å². The van der Waals surface area contributed by atoms with E-state index in [1.54, 1.807) is 6.08 Å². The number of rotatable bonds is 1. The van der Waals surface area contributed by atoms with Crippen LogP contribution in [0.3, 0.4) is 0 Å². The maximum atomic E-state index is 3.37. The van der Waals surface area contributed by atoms with E-state index in [0.717, 1.165) is 0 Å². The first kappa shape index (κ1) is 10.3. The van der Waals surface area contributed by atoms with Crippen LogP contribution in [-0.4, -0.2) is 0 Å². The molecule has 0 aliphatic rings. The van der Waals surface area contributed by atoms with Crippen molar-refractivity contribution in [2.75, 3.05) is 0 Å². The zero-order valence-corrected chi connectivity index (χ0v) is 5.94. The molecule has 0 heteroatoms. The summed E-state index contributed by atoms with van der Waals surface area (Å²) in [6, 6.07) is 0. The summed E-state index contributed by atoms with van der Waals surface area (Å²) in [5.41, 5.74) is 2.61. The Hall–Kier alpha value is -0.740. The Balaban J connectivity index is 0. The normalized spacial score (nSPS) is 6.88. The van der Waals surface area contributed by atoms with Gasteiger partial charge in [-0.3, -0.25) is 0 Å². The molecule has 0 nitrogen and oxygen atoms in total. The van der Waals surface area contributed by atoms with E-state index in [1.165, 1.54) is 0 Å². The summed E-state index contributed by atoms with van der Waals surface area (Å²) in [6.07, 6.45) is 5.57. The van der Waals surface area contributed by atoms with Crippen molar-refractivity contribution >= 4 is 0 Å². The van der Waals surface area contributed by atoms with E-state index in [2.05, 4.69) is 12.3 Å². The van der Waals surface area contributed by atoms with Crippen LogP contribution in [0, 0.1) is 0 Å². The molecule has 0 unspecified atom stereocenters. The minimum absolute atomic E-state index is 1.76. The van der Waals surface area contributed by atoms with Gasteiger partial charge in [0.25, 0.3) is 0 Å². The van der Waals surface area contributed by atoms with Crippen LogP contribution in [0.4, 0.5) is 0 Å². The van der Waals surface area contributed by atoms with Crippen LogP contribution in [0.1, 0.15) is 20.8 Å². The van der Waals surface area contributed by atoms with Gasteiger partial charge in [0.2, 0.25) is 0 Å².